The van der Waals surface area contributed by atoms with Crippen molar-refractivity contribution in [2.45, 2.75) is 19.1 Å². The molecule has 4 heterocycles. The number of nitrogens with zero attached hydrogens (tertiary/aromatic N) is 1. The topological polar surface area (TPSA) is 28.9 Å². The number of para-hydroxylation sites is 1. The number of hydrogen-bond acceptors (Lipinski definition) is 1. The summed E-state index contributed by atoms with van der Waals surface area (Å²) < 4.78 is 8.41. The maximum atomic E-state index is 6.08. The molecule has 2 aliphatic rings. The Morgan fingerprint density at radius 2 is 2.14 bits per heavy atom. The Labute approximate surface area is 129 Å². The molecule has 110 valence electrons. The predicted octanol–water partition coefficient (Wildman–Crippen LogP) is 3.50. The Morgan fingerprint density at radius 1 is 1.23 bits per heavy atom. The summed E-state index contributed by atoms with van der Waals surface area (Å²) >= 11 is 0. The first-order valence-electron chi connectivity index (χ1n) is 8.03. The van der Waals surface area contributed by atoms with Crippen LogP contribution in [0.4, 0.5) is 0 Å². The Hall–Kier alpha value is -2.13. The van der Waals surface area contributed by atoms with Crippen molar-refractivity contribution in [1.82, 2.24) is 4.98 Å². The van der Waals surface area contributed by atoms with Gasteiger partial charge in [-0.15, -0.1) is 6.58 Å². The molecule has 1 fully saturated rings. The fourth-order valence-electron chi connectivity index (χ4n) is 4.21. The van der Waals surface area contributed by atoms with Crippen LogP contribution in [0.1, 0.15) is 18.3 Å². The molecule has 2 aliphatic heterocycles. The van der Waals surface area contributed by atoms with E-state index < -0.39 is 0 Å². The molecule has 0 amide bonds. The highest BCUT2D eigenvalue weighted by atomic mass is 16.5. The molecule has 3 nitrogen and oxygen atoms in total. The van der Waals surface area contributed by atoms with Crippen molar-refractivity contribution in [1.29, 1.82) is 0 Å². The molecule has 22 heavy (non-hydrogen) atoms. The van der Waals surface area contributed by atoms with Crippen LogP contribution in [0.15, 0.2) is 49.2 Å². The van der Waals surface area contributed by atoms with Crippen LogP contribution in [0.3, 0.4) is 0 Å². The van der Waals surface area contributed by atoms with Gasteiger partial charge in [0.1, 0.15) is 5.52 Å². The van der Waals surface area contributed by atoms with Crippen LogP contribution < -0.4 is 4.57 Å². The molecule has 2 aromatic heterocycles. The zero-order chi connectivity index (χ0) is 14.7. The fourth-order valence-corrected chi connectivity index (χ4v) is 4.21. The monoisotopic (exact) mass is 291 g/mol. The van der Waals surface area contributed by atoms with E-state index >= 15 is 0 Å². The van der Waals surface area contributed by atoms with E-state index in [0.717, 1.165) is 19.4 Å². The lowest BCUT2D eigenvalue weighted by Gasteiger charge is -2.35. The second-order valence-electron chi connectivity index (χ2n) is 6.52. The highest BCUT2D eigenvalue weighted by molar-refractivity contribution is 6.07. The number of aromatic amines is 1. The average molecular weight is 291 g/mol. The number of nitrogens with one attached hydrogen (secondary N) is 1. The zero-order valence-corrected chi connectivity index (χ0v) is 12.5. The highest BCUT2D eigenvalue weighted by Gasteiger charge is 2.42. The Bertz CT molecular complexity index is 895. The number of rotatable bonds is 1. The fraction of sp³-hybridized carbons (Fsp3) is 0.316. The molecule has 0 spiro atoms. The van der Waals surface area contributed by atoms with Crippen molar-refractivity contribution in [2.75, 3.05) is 6.61 Å². The van der Waals surface area contributed by atoms with E-state index in [0.29, 0.717) is 11.8 Å². The van der Waals surface area contributed by atoms with E-state index in [1.54, 1.807) is 0 Å². The summed E-state index contributed by atoms with van der Waals surface area (Å²) in [5.41, 5.74) is 3.86. The second kappa shape index (κ2) is 4.43. The predicted molar refractivity (Wildman–Crippen MR) is 86.5 cm³/mol. The van der Waals surface area contributed by atoms with Crippen LogP contribution in [0.5, 0.6) is 0 Å². The molecule has 5 rings (SSSR count). The normalized spacial score (nSPS) is 27.0. The van der Waals surface area contributed by atoms with Gasteiger partial charge in [0, 0.05) is 41.1 Å². The van der Waals surface area contributed by atoms with E-state index in [1.807, 2.05) is 0 Å². The van der Waals surface area contributed by atoms with E-state index in [4.69, 9.17) is 4.74 Å². The van der Waals surface area contributed by atoms with Crippen LogP contribution in [-0.2, 0) is 11.2 Å². The van der Waals surface area contributed by atoms with E-state index in [-0.39, 0.29) is 6.23 Å². The summed E-state index contributed by atoms with van der Waals surface area (Å²) in [7, 11) is 0. The molecule has 0 radical (unpaired) electrons. The van der Waals surface area contributed by atoms with Crippen molar-refractivity contribution in [3.8, 4) is 0 Å². The third kappa shape index (κ3) is 1.57. The van der Waals surface area contributed by atoms with Gasteiger partial charge in [-0.25, -0.2) is 0 Å². The van der Waals surface area contributed by atoms with Crippen molar-refractivity contribution in [3.05, 3.63) is 54.9 Å². The number of aromatic nitrogens is 2. The van der Waals surface area contributed by atoms with Gasteiger partial charge >= 0.3 is 0 Å². The minimum absolute atomic E-state index is 0.181. The molecule has 1 N–H and O–H groups in total. The molecular formula is C19H19N2O+. The van der Waals surface area contributed by atoms with Crippen molar-refractivity contribution in [3.63, 3.8) is 0 Å². The van der Waals surface area contributed by atoms with Crippen LogP contribution in [-0.4, -0.2) is 11.6 Å². The van der Waals surface area contributed by atoms with Crippen LogP contribution in [0, 0.1) is 11.8 Å². The molecule has 0 saturated carbocycles. The van der Waals surface area contributed by atoms with E-state index in [1.165, 1.54) is 27.5 Å². The van der Waals surface area contributed by atoms with Crippen molar-refractivity contribution < 1.29 is 9.30 Å². The SMILES string of the molecule is C=C[C@H]1CO[C@H]2C[C@@H]1Cc1c3[nH]c4ccccc4c3cc[n+]12. The number of fused-ring (bicyclic) bond motifs is 8. The molecule has 3 aromatic rings. The van der Waals surface area contributed by atoms with Gasteiger partial charge in [-0.2, -0.15) is 4.57 Å². The quantitative estimate of drug-likeness (QED) is 0.539. The van der Waals surface area contributed by atoms with Gasteiger partial charge in [0.05, 0.1) is 6.61 Å². The number of ether oxygens (including phenoxy) is 1. The van der Waals surface area contributed by atoms with Gasteiger partial charge in [0.25, 0.3) is 6.23 Å². The zero-order valence-electron chi connectivity index (χ0n) is 12.5. The third-order valence-electron chi connectivity index (χ3n) is 5.41. The molecule has 2 bridgehead atoms. The molecule has 1 aromatic carbocycles. The lowest BCUT2D eigenvalue weighted by Crippen LogP contribution is -2.53. The van der Waals surface area contributed by atoms with Gasteiger partial charge < -0.3 is 9.72 Å². The number of H-pyrrole nitrogens is 1. The molecule has 0 unspecified atom stereocenters. The third-order valence-corrected chi connectivity index (χ3v) is 5.41. The van der Waals surface area contributed by atoms with Crippen LogP contribution >= 0.6 is 0 Å². The van der Waals surface area contributed by atoms with Crippen molar-refractivity contribution >= 4 is 21.8 Å². The first-order chi connectivity index (χ1) is 10.8. The van der Waals surface area contributed by atoms with Gasteiger partial charge in [-0.1, -0.05) is 24.3 Å². The van der Waals surface area contributed by atoms with E-state index in [9.17, 15) is 0 Å². The summed E-state index contributed by atoms with van der Waals surface area (Å²) in [6.45, 7) is 4.79. The standard InChI is InChI=1S/C19H18N2O/c1-2-12-11-22-18-10-13(12)9-17-19-15(7-8-21(17)18)14-5-3-4-6-16(14)20-19/h2-8,12-13,18H,1,9-11H2/p+1/t12-,13-,18-/m0/s1. The van der Waals surface area contributed by atoms with Crippen molar-refractivity contribution in [2.24, 2.45) is 11.8 Å². The maximum Gasteiger partial charge on any atom is 0.263 e. The average Bonchev–Trinajstić information content (AvgIpc) is 2.94. The van der Waals surface area contributed by atoms with Gasteiger partial charge in [-0.3, -0.25) is 0 Å². The first-order valence-corrected chi connectivity index (χ1v) is 8.03. The summed E-state index contributed by atoms with van der Waals surface area (Å²) in [6, 6.07) is 10.8. The number of pyridine rings is 1. The summed E-state index contributed by atoms with van der Waals surface area (Å²) in [5.74, 6) is 1.12. The van der Waals surface area contributed by atoms with Gasteiger partial charge in [0.2, 0.25) is 5.69 Å². The number of hydrogen-bond donors (Lipinski definition) is 1. The second-order valence-corrected chi connectivity index (χ2v) is 6.52. The Kier molecular flexibility index (Phi) is 2.50. The molecule has 3 atom stereocenters. The first kappa shape index (κ1) is 12.4. The Morgan fingerprint density at radius 3 is 3.05 bits per heavy atom. The van der Waals surface area contributed by atoms with Crippen LogP contribution in [0.2, 0.25) is 0 Å². The molecular weight excluding hydrogens is 272 g/mol. The summed E-state index contributed by atoms with van der Waals surface area (Å²) in [6.07, 6.45) is 6.65. The number of benzene rings is 1. The highest BCUT2D eigenvalue weighted by Crippen LogP contribution is 2.38. The molecule has 0 aliphatic carbocycles. The minimum Gasteiger partial charge on any atom is -0.349 e. The summed E-state index contributed by atoms with van der Waals surface area (Å²) in [4.78, 5) is 3.63. The van der Waals surface area contributed by atoms with E-state index in [2.05, 4.69) is 58.7 Å². The smallest absolute Gasteiger partial charge is 0.263 e. The minimum atomic E-state index is 0.181. The lowest BCUT2D eigenvalue weighted by atomic mass is 9.81. The largest absolute Gasteiger partial charge is 0.349 e. The lowest BCUT2D eigenvalue weighted by molar-refractivity contribution is -0.778. The van der Waals surface area contributed by atoms with Crippen LogP contribution in [0.25, 0.3) is 21.8 Å². The molecule has 1 saturated heterocycles. The van der Waals surface area contributed by atoms with Gasteiger partial charge in [0.15, 0.2) is 6.20 Å². The maximum absolute atomic E-state index is 6.08. The summed E-state index contributed by atoms with van der Waals surface area (Å²) in [5, 5.41) is 2.62. The molecule has 3 heteroatoms. The Balaban J connectivity index is 1.77. The van der Waals surface area contributed by atoms with Gasteiger partial charge in [-0.05, 0) is 12.0 Å².